The molecule has 1 aliphatic rings. The van der Waals surface area contributed by atoms with Crippen LogP contribution in [0.4, 0.5) is 0 Å². The first-order chi connectivity index (χ1) is 9.79. The fourth-order valence-corrected chi connectivity index (χ4v) is 2.44. The molecule has 20 heavy (non-hydrogen) atoms. The molecule has 1 aliphatic heterocycles. The number of ether oxygens (including phenoxy) is 2. The monoisotopic (exact) mass is 277 g/mol. The number of carbonyl (C=O) groups excluding carboxylic acids is 1. The van der Waals surface area contributed by atoms with Crippen molar-refractivity contribution in [1.82, 2.24) is 5.32 Å². The third-order valence-corrected chi connectivity index (χ3v) is 3.54. The van der Waals surface area contributed by atoms with Crippen LogP contribution >= 0.6 is 0 Å². The molecule has 0 bridgehead atoms. The number of rotatable bonds is 6. The van der Waals surface area contributed by atoms with Gasteiger partial charge in [-0.25, -0.2) is 4.79 Å². The van der Waals surface area contributed by atoms with Crippen molar-refractivity contribution in [3.63, 3.8) is 0 Å². The van der Waals surface area contributed by atoms with Crippen molar-refractivity contribution in [2.45, 2.75) is 26.2 Å². The summed E-state index contributed by atoms with van der Waals surface area (Å²) < 4.78 is 10.7. The van der Waals surface area contributed by atoms with Crippen molar-refractivity contribution < 1.29 is 14.3 Å². The average molecular weight is 277 g/mol. The van der Waals surface area contributed by atoms with Crippen LogP contribution in [0.25, 0.3) is 0 Å². The van der Waals surface area contributed by atoms with Gasteiger partial charge in [-0.3, -0.25) is 0 Å². The zero-order valence-electron chi connectivity index (χ0n) is 12.1. The van der Waals surface area contributed by atoms with Gasteiger partial charge in [-0.05, 0) is 63.4 Å². The third kappa shape index (κ3) is 4.53. The number of nitrogens with one attached hydrogen (secondary N) is 1. The minimum absolute atomic E-state index is 0.297. The minimum atomic E-state index is -0.297. The second-order valence-corrected chi connectivity index (χ2v) is 5.10. The van der Waals surface area contributed by atoms with E-state index in [1.54, 1.807) is 19.1 Å². The van der Waals surface area contributed by atoms with E-state index < -0.39 is 0 Å². The predicted molar refractivity (Wildman–Crippen MR) is 78.1 cm³/mol. The Morgan fingerprint density at radius 1 is 1.45 bits per heavy atom. The summed E-state index contributed by atoms with van der Waals surface area (Å²) in [5.41, 5.74) is 0.545. The highest BCUT2D eigenvalue weighted by molar-refractivity contribution is 5.89. The largest absolute Gasteiger partial charge is 0.494 e. The van der Waals surface area contributed by atoms with Crippen LogP contribution in [0.5, 0.6) is 5.75 Å². The van der Waals surface area contributed by atoms with Crippen LogP contribution in [0.2, 0.25) is 0 Å². The van der Waals surface area contributed by atoms with Crippen LogP contribution in [0.1, 0.15) is 36.5 Å². The first kappa shape index (κ1) is 14.9. The quantitative estimate of drug-likeness (QED) is 0.812. The maximum Gasteiger partial charge on any atom is 0.338 e. The molecule has 1 aromatic rings. The number of hydrogen-bond donors (Lipinski definition) is 1. The summed E-state index contributed by atoms with van der Waals surface area (Å²) in [5.74, 6) is 1.14. The van der Waals surface area contributed by atoms with Crippen LogP contribution in [0.3, 0.4) is 0 Å². The van der Waals surface area contributed by atoms with Gasteiger partial charge in [-0.15, -0.1) is 0 Å². The standard InChI is InChI=1S/C16H23NO3/c1-2-19-16(18)14-6-3-7-15(11-14)20-10-8-13-5-4-9-17-12-13/h3,6-7,11,13,17H,2,4-5,8-10,12H2,1H3/t13-/m1/s1. The van der Waals surface area contributed by atoms with E-state index in [4.69, 9.17) is 9.47 Å². The highest BCUT2D eigenvalue weighted by atomic mass is 16.5. The van der Waals surface area contributed by atoms with Gasteiger partial charge in [0.15, 0.2) is 0 Å². The topological polar surface area (TPSA) is 47.6 Å². The lowest BCUT2D eigenvalue weighted by Crippen LogP contribution is -2.30. The molecule has 1 saturated heterocycles. The lowest BCUT2D eigenvalue weighted by molar-refractivity contribution is 0.0526. The lowest BCUT2D eigenvalue weighted by atomic mass is 9.97. The van der Waals surface area contributed by atoms with Crippen molar-refractivity contribution in [3.05, 3.63) is 29.8 Å². The van der Waals surface area contributed by atoms with Gasteiger partial charge in [-0.1, -0.05) is 6.07 Å². The Labute approximate surface area is 120 Å². The molecule has 2 rings (SSSR count). The van der Waals surface area contributed by atoms with Gasteiger partial charge in [0.05, 0.1) is 18.8 Å². The van der Waals surface area contributed by atoms with Gasteiger partial charge >= 0.3 is 5.97 Å². The smallest absolute Gasteiger partial charge is 0.338 e. The van der Waals surface area contributed by atoms with Crippen molar-refractivity contribution >= 4 is 5.97 Å². The van der Waals surface area contributed by atoms with Crippen LogP contribution in [-0.2, 0) is 4.74 Å². The molecule has 4 nitrogen and oxygen atoms in total. The van der Waals surface area contributed by atoms with E-state index in [2.05, 4.69) is 5.32 Å². The molecule has 0 saturated carbocycles. The second kappa shape index (κ2) is 7.90. The second-order valence-electron chi connectivity index (χ2n) is 5.10. The van der Waals surface area contributed by atoms with Crippen LogP contribution in [0, 0.1) is 5.92 Å². The van der Waals surface area contributed by atoms with E-state index >= 15 is 0 Å². The predicted octanol–water partition coefficient (Wildman–Crippen LogP) is 2.63. The molecule has 1 heterocycles. The summed E-state index contributed by atoms with van der Waals surface area (Å²) in [6.45, 7) is 5.11. The van der Waals surface area contributed by atoms with Crippen molar-refractivity contribution in [3.8, 4) is 5.75 Å². The first-order valence-electron chi connectivity index (χ1n) is 7.40. The maximum atomic E-state index is 11.6. The summed E-state index contributed by atoms with van der Waals surface area (Å²) >= 11 is 0. The van der Waals surface area contributed by atoms with E-state index in [0.29, 0.717) is 24.7 Å². The van der Waals surface area contributed by atoms with Crippen molar-refractivity contribution in [2.75, 3.05) is 26.3 Å². The molecule has 0 unspecified atom stereocenters. The summed E-state index contributed by atoms with van der Waals surface area (Å²) in [7, 11) is 0. The number of carbonyl (C=O) groups is 1. The van der Waals surface area contributed by atoms with E-state index in [1.807, 2.05) is 12.1 Å². The third-order valence-electron chi connectivity index (χ3n) is 3.54. The molecule has 0 radical (unpaired) electrons. The minimum Gasteiger partial charge on any atom is -0.494 e. The number of hydrogen-bond acceptors (Lipinski definition) is 4. The Hall–Kier alpha value is -1.55. The first-order valence-corrected chi connectivity index (χ1v) is 7.40. The summed E-state index contributed by atoms with van der Waals surface area (Å²) in [6.07, 6.45) is 3.58. The van der Waals surface area contributed by atoms with Gasteiger partial charge in [0, 0.05) is 0 Å². The van der Waals surface area contributed by atoms with E-state index in [1.165, 1.54) is 12.8 Å². The summed E-state index contributed by atoms with van der Waals surface area (Å²) in [5, 5.41) is 3.40. The fourth-order valence-electron chi connectivity index (χ4n) is 2.44. The number of benzene rings is 1. The maximum absolute atomic E-state index is 11.6. The van der Waals surface area contributed by atoms with E-state index in [9.17, 15) is 4.79 Å². The molecule has 1 aromatic carbocycles. The van der Waals surface area contributed by atoms with Crippen molar-refractivity contribution in [1.29, 1.82) is 0 Å². The highest BCUT2D eigenvalue weighted by Crippen LogP contribution is 2.17. The highest BCUT2D eigenvalue weighted by Gasteiger charge is 2.13. The number of piperidine rings is 1. The van der Waals surface area contributed by atoms with Gasteiger partial charge in [-0.2, -0.15) is 0 Å². The van der Waals surface area contributed by atoms with E-state index in [0.717, 1.165) is 25.3 Å². The summed E-state index contributed by atoms with van der Waals surface area (Å²) in [4.78, 5) is 11.6. The van der Waals surface area contributed by atoms with Gasteiger partial charge in [0.1, 0.15) is 5.75 Å². The molecule has 0 aromatic heterocycles. The Morgan fingerprint density at radius 2 is 2.35 bits per heavy atom. The van der Waals surface area contributed by atoms with Crippen LogP contribution < -0.4 is 10.1 Å². The van der Waals surface area contributed by atoms with Gasteiger partial charge < -0.3 is 14.8 Å². The SMILES string of the molecule is CCOC(=O)c1cccc(OCC[C@H]2CCCNC2)c1. The molecule has 4 heteroatoms. The molecular weight excluding hydrogens is 254 g/mol. The van der Waals surface area contributed by atoms with Gasteiger partial charge in [0.2, 0.25) is 0 Å². The fraction of sp³-hybridized carbons (Fsp3) is 0.562. The van der Waals surface area contributed by atoms with Gasteiger partial charge in [0.25, 0.3) is 0 Å². The molecule has 1 atom stereocenters. The molecule has 0 amide bonds. The molecule has 0 spiro atoms. The Bertz CT molecular complexity index is 427. The van der Waals surface area contributed by atoms with Crippen LogP contribution in [0.15, 0.2) is 24.3 Å². The van der Waals surface area contributed by atoms with Crippen molar-refractivity contribution in [2.24, 2.45) is 5.92 Å². The van der Waals surface area contributed by atoms with E-state index in [-0.39, 0.29) is 5.97 Å². The Morgan fingerprint density at radius 3 is 3.10 bits per heavy atom. The molecule has 110 valence electrons. The lowest BCUT2D eigenvalue weighted by Gasteiger charge is -2.22. The molecule has 1 fully saturated rings. The average Bonchev–Trinajstić information content (AvgIpc) is 2.49. The summed E-state index contributed by atoms with van der Waals surface area (Å²) in [6, 6.07) is 7.19. The zero-order chi connectivity index (χ0) is 14.2. The Balaban J connectivity index is 1.80. The zero-order valence-corrected chi connectivity index (χ0v) is 12.1. The molecular formula is C16H23NO3. The molecule has 0 aliphatic carbocycles. The number of esters is 1. The normalized spacial score (nSPS) is 18.6. The Kier molecular flexibility index (Phi) is 5.87. The van der Waals surface area contributed by atoms with Crippen LogP contribution in [-0.4, -0.2) is 32.3 Å². The molecule has 1 N–H and O–H groups in total.